The SMILES string of the molecule is COc1cnc2c(-c3nc4cc(F)c(OCCOC(=O)Nc5ccc(C(=O)NCCO)nc5)nc4s3)cc(C)cc2n1. The van der Waals surface area contributed by atoms with Gasteiger partial charge in [-0.25, -0.2) is 29.1 Å². The number of nitrogens with zero attached hydrogens (tertiary/aromatic N) is 5. The lowest BCUT2D eigenvalue weighted by molar-refractivity contribution is 0.0940. The van der Waals surface area contributed by atoms with E-state index in [2.05, 4.69) is 35.6 Å². The van der Waals surface area contributed by atoms with Crippen LogP contribution in [0.2, 0.25) is 0 Å². The van der Waals surface area contributed by atoms with Crippen LogP contribution in [-0.4, -0.2) is 75.5 Å². The molecule has 0 aliphatic rings. The van der Waals surface area contributed by atoms with Crippen molar-refractivity contribution in [3.05, 3.63) is 59.8 Å². The van der Waals surface area contributed by atoms with E-state index in [1.807, 2.05) is 19.1 Å². The van der Waals surface area contributed by atoms with Crippen molar-refractivity contribution in [1.29, 1.82) is 0 Å². The second-order valence-electron chi connectivity index (χ2n) is 8.73. The highest BCUT2D eigenvalue weighted by Crippen LogP contribution is 2.35. The molecule has 0 aliphatic carbocycles. The van der Waals surface area contributed by atoms with Gasteiger partial charge in [-0.2, -0.15) is 4.98 Å². The van der Waals surface area contributed by atoms with Crippen LogP contribution in [0.1, 0.15) is 16.1 Å². The number of hydrogen-bond acceptors (Lipinski definition) is 12. The summed E-state index contributed by atoms with van der Waals surface area (Å²) in [6, 6.07) is 7.94. The minimum absolute atomic E-state index is 0.101. The van der Waals surface area contributed by atoms with E-state index in [4.69, 9.17) is 19.3 Å². The first-order chi connectivity index (χ1) is 20.3. The highest BCUT2D eigenvalue weighted by Gasteiger charge is 2.17. The van der Waals surface area contributed by atoms with Crippen LogP contribution in [0.3, 0.4) is 0 Å². The summed E-state index contributed by atoms with van der Waals surface area (Å²) in [5.41, 5.74) is 3.73. The Labute approximate surface area is 241 Å². The molecule has 5 rings (SSSR count). The fourth-order valence-corrected chi connectivity index (χ4v) is 4.77. The van der Waals surface area contributed by atoms with Crippen LogP contribution in [0, 0.1) is 12.7 Å². The Kier molecular flexibility index (Phi) is 8.59. The van der Waals surface area contributed by atoms with E-state index in [0.29, 0.717) is 38.0 Å². The fraction of sp³-hybridized carbons (Fsp3) is 0.222. The van der Waals surface area contributed by atoms with Crippen LogP contribution in [0.5, 0.6) is 11.8 Å². The number of anilines is 1. The predicted octanol–water partition coefficient (Wildman–Crippen LogP) is 3.50. The van der Waals surface area contributed by atoms with Crippen molar-refractivity contribution >= 4 is 50.4 Å². The molecule has 0 radical (unpaired) electrons. The molecule has 0 bridgehead atoms. The van der Waals surface area contributed by atoms with Gasteiger partial charge in [0.2, 0.25) is 5.88 Å². The number of thiazole rings is 1. The molecule has 13 nitrogen and oxygen atoms in total. The molecule has 0 unspecified atom stereocenters. The van der Waals surface area contributed by atoms with E-state index in [1.54, 1.807) is 0 Å². The fourth-order valence-electron chi connectivity index (χ4n) is 3.84. The van der Waals surface area contributed by atoms with E-state index in [-0.39, 0.29) is 37.9 Å². The van der Waals surface area contributed by atoms with Gasteiger partial charge in [-0.05, 0) is 36.8 Å². The number of nitrogens with one attached hydrogen (secondary N) is 2. The second kappa shape index (κ2) is 12.7. The lowest BCUT2D eigenvalue weighted by Crippen LogP contribution is -2.27. The molecule has 0 saturated heterocycles. The second-order valence-corrected chi connectivity index (χ2v) is 9.71. The third-order valence-corrected chi connectivity index (χ3v) is 6.71. The molecule has 0 saturated carbocycles. The number of carbonyl (C=O) groups excluding carboxylic acids is 2. The zero-order valence-electron chi connectivity index (χ0n) is 22.4. The van der Waals surface area contributed by atoms with Crippen molar-refractivity contribution in [2.75, 3.05) is 38.8 Å². The number of halogens is 1. The number of fused-ring (bicyclic) bond motifs is 2. The maximum absolute atomic E-state index is 14.7. The zero-order chi connectivity index (χ0) is 29.6. The summed E-state index contributed by atoms with van der Waals surface area (Å²) in [4.78, 5) is 46.0. The minimum atomic E-state index is -0.792. The molecule has 0 atom stereocenters. The van der Waals surface area contributed by atoms with Gasteiger partial charge in [0, 0.05) is 18.2 Å². The Morgan fingerprint density at radius 3 is 2.67 bits per heavy atom. The quantitative estimate of drug-likeness (QED) is 0.203. The molecule has 4 heterocycles. The molecule has 5 aromatic rings. The number of pyridine rings is 2. The van der Waals surface area contributed by atoms with Crippen molar-refractivity contribution in [2.45, 2.75) is 6.92 Å². The molecule has 4 aromatic heterocycles. The van der Waals surface area contributed by atoms with Crippen LogP contribution in [0.25, 0.3) is 32.0 Å². The Bertz CT molecular complexity index is 1770. The van der Waals surface area contributed by atoms with Crippen LogP contribution in [0.15, 0.2) is 42.7 Å². The van der Waals surface area contributed by atoms with Crippen LogP contribution in [-0.2, 0) is 4.74 Å². The molecule has 15 heteroatoms. The van der Waals surface area contributed by atoms with Gasteiger partial charge in [0.05, 0.1) is 42.8 Å². The Hall–Kier alpha value is -5.02. The van der Waals surface area contributed by atoms with Crippen LogP contribution < -0.4 is 20.1 Å². The number of methoxy groups -OCH3 is 1. The average molecular weight is 594 g/mol. The lowest BCUT2D eigenvalue weighted by Gasteiger charge is -2.09. The van der Waals surface area contributed by atoms with Gasteiger partial charge >= 0.3 is 6.09 Å². The maximum atomic E-state index is 14.7. The lowest BCUT2D eigenvalue weighted by atomic mass is 10.1. The smallest absolute Gasteiger partial charge is 0.411 e. The molecule has 0 fully saturated rings. The number of aliphatic hydroxyl groups excluding tert-OH is 1. The van der Waals surface area contributed by atoms with E-state index in [0.717, 1.165) is 11.1 Å². The molecular weight excluding hydrogens is 569 g/mol. The summed E-state index contributed by atoms with van der Waals surface area (Å²) in [6.45, 7) is 1.49. The number of aliphatic hydroxyl groups is 1. The Morgan fingerprint density at radius 1 is 1.05 bits per heavy atom. The maximum Gasteiger partial charge on any atom is 0.411 e. The normalized spacial score (nSPS) is 11.0. The highest BCUT2D eigenvalue weighted by atomic mass is 32.1. The Balaban J connectivity index is 1.20. The average Bonchev–Trinajstić information content (AvgIpc) is 3.40. The van der Waals surface area contributed by atoms with Gasteiger partial charge in [-0.1, -0.05) is 11.3 Å². The third-order valence-electron chi connectivity index (χ3n) is 5.71. The van der Waals surface area contributed by atoms with Gasteiger partial charge in [0.1, 0.15) is 34.3 Å². The summed E-state index contributed by atoms with van der Waals surface area (Å²) in [5, 5.41) is 14.3. The molecule has 42 heavy (non-hydrogen) atoms. The number of hydrogen-bond donors (Lipinski definition) is 3. The van der Waals surface area contributed by atoms with E-state index >= 15 is 0 Å². The number of rotatable bonds is 10. The minimum Gasteiger partial charge on any atom is -0.480 e. The molecule has 216 valence electrons. The van der Waals surface area contributed by atoms with Gasteiger partial charge < -0.3 is 24.6 Å². The molecular formula is C27H24FN7O6S. The summed E-state index contributed by atoms with van der Waals surface area (Å²) in [6.07, 6.45) is 2.02. The first-order valence-corrected chi connectivity index (χ1v) is 13.4. The standard InChI is InChI=1S/C27H24FN7O6S/c1-14-9-16(22-19(10-14)33-21(39-2)13-31-22)25-34-20-11-17(28)24(35-26(20)42-25)40-7-8-41-27(38)32-15-3-4-18(30-12-15)23(37)29-5-6-36/h3-4,9-13,36H,5-8H2,1-2H3,(H,29,37)(H,32,38). The monoisotopic (exact) mass is 593 g/mol. The number of aromatic nitrogens is 5. The molecule has 0 spiro atoms. The van der Waals surface area contributed by atoms with Crippen molar-refractivity contribution in [3.8, 4) is 22.3 Å². The van der Waals surface area contributed by atoms with Gasteiger partial charge in [-0.3, -0.25) is 10.1 Å². The largest absolute Gasteiger partial charge is 0.480 e. The number of carbonyl (C=O) groups is 2. The summed E-state index contributed by atoms with van der Waals surface area (Å²) in [7, 11) is 1.52. The van der Waals surface area contributed by atoms with Crippen molar-refractivity contribution in [3.63, 3.8) is 0 Å². The van der Waals surface area contributed by atoms with Gasteiger partial charge in [-0.15, -0.1) is 0 Å². The number of benzene rings is 1. The van der Waals surface area contributed by atoms with Crippen molar-refractivity contribution < 1.29 is 33.3 Å². The summed E-state index contributed by atoms with van der Waals surface area (Å²) in [5.74, 6) is -1.03. The first kappa shape index (κ1) is 28.5. The third kappa shape index (κ3) is 6.47. The van der Waals surface area contributed by atoms with E-state index in [9.17, 15) is 14.0 Å². The molecule has 2 amide bonds. The van der Waals surface area contributed by atoms with Crippen molar-refractivity contribution in [1.82, 2.24) is 30.2 Å². The number of aryl methyl sites for hydroxylation is 1. The van der Waals surface area contributed by atoms with E-state index < -0.39 is 17.8 Å². The predicted molar refractivity (Wildman–Crippen MR) is 151 cm³/mol. The van der Waals surface area contributed by atoms with Crippen LogP contribution in [0.4, 0.5) is 14.9 Å². The molecule has 3 N–H and O–H groups in total. The Morgan fingerprint density at radius 2 is 1.90 bits per heavy atom. The van der Waals surface area contributed by atoms with E-state index in [1.165, 1.54) is 49.0 Å². The van der Waals surface area contributed by atoms with Crippen LogP contribution >= 0.6 is 11.3 Å². The zero-order valence-corrected chi connectivity index (χ0v) is 23.2. The molecule has 0 aliphatic heterocycles. The number of amides is 2. The molecule has 1 aromatic carbocycles. The van der Waals surface area contributed by atoms with Gasteiger partial charge in [0.15, 0.2) is 5.82 Å². The van der Waals surface area contributed by atoms with Gasteiger partial charge in [0.25, 0.3) is 11.8 Å². The highest BCUT2D eigenvalue weighted by molar-refractivity contribution is 7.21. The number of ether oxygens (including phenoxy) is 3. The first-order valence-electron chi connectivity index (χ1n) is 12.5. The van der Waals surface area contributed by atoms with Crippen molar-refractivity contribution in [2.24, 2.45) is 0 Å². The topological polar surface area (TPSA) is 171 Å². The summed E-state index contributed by atoms with van der Waals surface area (Å²) >= 11 is 1.25. The summed E-state index contributed by atoms with van der Waals surface area (Å²) < 4.78 is 30.4.